The average Bonchev–Trinajstić information content (AvgIpc) is 3.09. The molecule has 1 amide bonds. The number of imidazole rings is 1. The van der Waals surface area contributed by atoms with Gasteiger partial charge in [0.1, 0.15) is 18.3 Å². The van der Waals surface area contributed by atoms with Crippen molar-refractivity contribution in [1.29, 1.82) is 0 Å². The van der Waals surface area contributed by atoms with Crippen molar-refractivity contribution in [3.8, 4) is 0 Å². The molecular formula is C19H17N5O3. The zero-order valence-electron chi connectivity index (χ0n) is 14.3. The first-order valence-corrected chi connectivity index (χ1v) is 8.49. The Labute approximate surface area is 153 Å². The molecule has 27 heavy (non-hydrogen) atoms. The Kier molecular flexibility index (Phi) is 4.39. The van der Waals surface area contributed by atoms with Gasteiger partial charge >= 0.3 is 0 Å². The molecule has 2 aromatic heterocycles. The SMILES string of the molecule is O=C(CCc1nc2ccccc2c(=O)[nH]1)Nc1ccc2nc(CO)[nH]c2c1. The maximum Gasteiger partial charge on any atom is 0.258 e. The molecule has 2 aromatic carbocycles. The number of aryl methyl sites for hydroxylation is 1. The smallest absolute Gasteiger partial charge is 0.258 e. The molecule has 2 heterocycles. The molecule has 4 N–H and O–H groups in total. The molecule has 0 aliphatic heterocycles. The number of para-hydroxylation sites is 1. The molecule has 0 bridgehead atoms. The summed E-state index contributed by atoms with van der Waals surface area (Å²) in [6.45, 7) is -0.173. The summed E-state index contributed by atoms with van der Waals surface area (Å²) in [5.74, 6) is 0.761. The molecule has 0 atom stereocenters. The topological polar surface area (TPSA) is 124 Å². The molecule has 0 aliphatic carbocycles. The van der Waals surface area contributed by atoms with E-state index in [1.54, 1.807) is 36.4 Å². The number of hydrogen-bond acceptors (Lipinski definition) is 5. The highest BCUT2D eigenvalue weighted by Crippen LogP contribution is 2.17. The number of rotatable bonds is 5. The number of amides is 1. The fourth-order valence-corrected chi connectivity index (χ4v) is 2.92. The first-order valence-electron chi connectivity index (χ1n) is 8.49. The van der Waals surface area contributed by atoms with Gasteiger partial charge in [0.25, 0.3) is 5.56 Å². The summed E-state index contributed by atoms with van der Waals surface area (Å²) < 4.78 is 0. The monoisotopic (exact) mass is 363 g/mol. The maximum atomic E-state index is 12.2. The molecule has 0 aliphatic rings. The summed E-state index contributed by atoms with van der Waals surface area (Å²) in [6, 6.07) is 12.4. The largest absolute Gasteiger partial charge is 0.388 e. The molecule has 0 fully saturated rings. The molecule has 0 saturated heterocycles. The number of aromatic amines is 2. The molecule has 4 aromatic rings. The Bertz CT molecular complexity index is 1190. The van der Waals surface area contributed by atoms with Gasteiger partial charge in [0.2, 0.25) is 5.91 Å². The van der Waals surface area contributed by atoms with Crippen molar-refractivity contribution in [2.45, 2.75) is 19.4 Å². The number of nitrogens with zero attached hydrogens (tertiary/aromatic N) is 2. The predicted molar refractivity (Wildman–Crippen MR) is 101 cm³/mol. The Hall–Kier alpha value is -3.52. The van der Waals surface area contributed by atoms with Gasteiger partial charge in [0.05, 0.1) is 21.9 Å². The van der Waals surface area contributed by atoms with Crippen molar-refractivity contribution in [1.82, 2.24) is 19.9 Å². The molecule has 136 valence electrons. The quantitative estimate of drug-likeness (QED) is 0.431. The van der Waals surface area contributed by atoms with Crippen LogP contribution >= 0.6 is 0 Å². The molecule has 4 rings (SSSR count). The number of fused-ring (bicyclic) bond motifs is 2. The maximum absolute atomic E-state index is 12.2. The Morgan fingerprint density at radius 2 is 1.85 bits per heavy atom. The summed E-state index contributed by atoms with van der Waals surface area (Å²) in [5.41, 5.74) is 2.48. The lowest BCUT2D eigenvalue weighted by atomic mass is 10.2. The van der Waals surface area contributed by atoms with Gasteiger partial charge in [-0.3, -0.25) is 9.59 Å². The van der Waals surface area contributed by atoms with E-state index in [0.29, 0.717) is 34.7 Å². The van der Waals surface area contributed by atoms with Gasteiger partial charge in [-0.25, -0.2) is 9.97 Å². The molecule has 0 radical (unpaired) electrons. The third kappa shape index (κ3) is 3.56. The van der Waals surface area contributed by atoms with E-state index in [-0.39, 0.29) is 24.5 Å². The van der Waals surface area contributed by atoms with Crippen LogP contribution in [0.2, 0.25) is 0 Å². The first kappa shape index (κ1) is 16.9. The van der Waals surface area contributed by atoms with E-state index in [1.165, 1.54) is 0 Å². The van der Waals surface area contributed by atoms with E-state index < -0.39 is 0 Å². The van der Waals surface area contributed by atoms with Crippen LogP contribution < -0.4 is 10.9 Å². The minimum atomic E-state index is -0.208. The van der Waals surface area contributed by atoms with Crippen molar-refractivity contribution >= 4 is 33.5 Å². The van der Waals surface area contributed by atoms with Gasteiger partial charge < -0.3 is 20.4 Å². The zero-order valence-corrected chi connectivity index (χ0v) is 14.3. The standard InChI is InChI=1S/C19H17N5O3/c25-10-17-22-14-6-5-11(9-15(14)23-17)20-18(26)8-7-16-21-13-4-2-1-3-12(13)19(27)24-16/h1-6,9,25H,7-8,10H2,(H,20,26)(H,22,23)(H,21,24,27). The molecule has 0 unspecified atom stereocenters. The lowest BCUT2D eigenvalue weighted by molar-refractivity contribution is -0.116. The Morgan fingerprint density at radius 3 is 2.70 bits per heavy atom. The normalized spacial score (nSPS) is 11.1. The molecule has 8 heteroatoms. The number of nitrogens with one attached hydrogen (secondary N) is 3. The van der Waals surface area contributed by atoms with Crippen molar-refractivity contribution in [2.75, 3.05) is 5.32 Å². The number of aliphatic hydroxyl groups excluding tert-OH is 1. The number of carbonyl (C=O) groups excluding carboxylic acids is 1. The van der Waals surface area contributed by atoms with Crippen LogP contribution in [-0.4, -0.2) is 30.9 Å². The van der Waals surface area contributed by atoms with Crippen LogP contribution in [0.25, 0.3) is 21.9 Å². The molecule has 8 nitrogen and oxygen atoms in total. The Balaban J connectivity index is 1.44. The third-order valence-corrected chi connectivity index (χ3v) is 4.22. The van der Waals surface area contributed by atoms with Gasteiger partial charge in [0.15, 0.2) is 0 Å². The number of H-pyrrole nitrogens is 2. The van der Waals surface area contributed by atoms with E-state index >= 15 is 0 Å². The van der Waals surface area contributed by atoms with Crippen LogP contribution in [0.3, 0.4) is 0 Å². The number of aliphatic hydroxyl groups is 1. The molecular weight excluding hydrogens is 346 g/mol. The number of hydrogen-bond donors (Lipinski definition) is 4. The van der Waals surface area contributed by atoms with Crippen LogP contribution in [0, 0.1) is 0 Å². The minimum absolute atomic E-state index is 0.173. The number of benzene rings is 2. The zero-order chi connectivity index (χ0) is 18.8. The fourth-order valence-electron chi connectivity index (χ4n) is 2.92. The average molecular weight is 363 g/mol. The third-order valence-electron chi connectivity index (χ3n) is 4.22. The van der Waals surface area contributed by atoms with E-state index in [9.17, 15) is 9.59 Å². The van der Waals surface area contributed by atoms with E-state index in [0.717, 1.165) is 11.0 Å². The summed E-state index contributed by atoms with van der Waals surface area (Å²) in [5, 5.41) is 12.5. The van der Waals surface area contributed by atoms with Gasteiger partial charge in [0, 0.05) is 18.5 Å². The predicted octanol–water partition coefficient (Wildman–Crippen LogP) is 1.86. The van der Waals surface area contributed by atoms with Crippen LogP contribution in [0.15, 0.2) is 47.3 Å². The lowest BCUT2D eigenvalue weighted by Crippen LogP contribution is -2.16. The molecule has 0 saturated carbocycles. The number of anilines is 1. The van der Waals surface area contributed by atoms with Crippen molar-refractivity contribution in [3.05, 3.63) is 64.5 Å². The second-order valence-electron chi connectivity index (χ2n) is 6.15. The van der Waals surface area contributed by atoms with Crippen molar-refractivity contribution < 1.29 is 9.90 Å². The van der Waals surface area contributed by atoms with Gasteiger partial charge in [-0.2, -0.15) is 0 Å². The van der Waals surface area contributed by atoms with Crippen LogP contribution in [0.1, 0.15) is 18.1 Å². The summed E-state index contributed by atoms with van der Waals surface area (Å²) in [6.07, 6.45) is 0.511. The van der Waals surface area contributed by atoms with E-state index in [2.05, 4.69) is 25.3 Å². The van der Waals surface area contributed by atoms with E-state index in [1.807, 2.05) is 6.07 Å². The summed E-state index contributed by atoms with van der Waals surface area (Å²) >= 11 is 0. The molecule has 0 spiro atoms. The minimum Gasteiger partial charge on any atom is -0.388 e. The first-order chi connectivity index (χ1) is 13.1. The van der Waals surface area contributed by atoms with Crippen molar-refractivity contribution in [3.63, 3.8) is 0 Å². The second-order valence-corrected chi connectivity index (χ2v) is 6.15. The highest BCUT2D eigenvalue weighted by Gasteiger charge is 2.08. The number of aromatic nitrogens is 4. The summed E-state index contributed by atoms with van der Waals surface area (Å²) in [7, 11) is 0. The van der Waals surface area contributed by atoms with Gasteiger partial charge in [-0.15, -0.1) is 0 Å². The van der Waals surface area contributed by atoms with Crippen LogP contribution in [0.4, 0.5) is 5.69 Å². The van der Waals surface area contributed by atoms with Gasteiger partial charge in [-0.05, 0) is 30.3 Å². The fraction of sp³-hybridized carbons (Fsp3) is 0.158. The lowest BCUT2D eigenvalue weighted by Gasteiger charge is -2.06. The van der Waals surface area contributed by atoms with Crippen LogP contribution in [-0.2, 0) is 17.8 Å². The highest BCUT2D eigenvalue weighted by molar-refractivity contribution is 5.93. The van der Waals surface area contributed by atoms with Crippen molar-refractivity contribution in [2.24, 2.45) is 0 Å². The van der Waals surface area contributed by atoms with E-state index in [4.69, 9.17) is 5.11 Å². The Morgan fingerprint density at radius 1 is 1.04 bits per heavy atom. The number of carbonyl (C=O) groups is 1. The highest BCUT2D eigenvalue weighted by atomic mass is 16.3. The second kappa shape index (κ2) is 7.00. The summed E-state index contributed by atoms with van der Waals surface area (Å²) in [4.78, 5) is 38.6. The van der Waals surface area contributed by atoms with Gasteiger partial charge in [-0.1, -0.05) is 12.1 Å². The van der Waals surface area contributed by atoms with Crippen LogP contribution in [0.5, 0.6) is 0 Å².